The van der Waals surface area contributed by atoms with Crippen LogP contribution in [-0.4, -0.2) is 47.6 Å². The van der Waals surface area contributed by atoms with Gasteiger partial charge in [-0.3, -0.25) is 9.59 Å². The standard InChI is InChI=1S/C16H26O6/c17-13(3-1-11-7-9-21-15(11)19)5-6-14(18)4-2-12-8-10-22-16(12)20/h11-14,17-18H,1-10H2. The van der Waals surface area contributed by atoms with Crippen molar-refractivity contribution in [1.29, 1.82) is 0 Å². The van der Waals surface area contributed by atoms with Crippen LogP contribution in [0.2, 0.25) is 0 Å². The maximum absolute atomic E-state index is 11.3. The summed E-state index contributed by atoms with van der Waals surface area (Å²) in [5, 5.41) is 19.9. The van der Waals surface area contributed by atoms with Gasteiger partial charge in [-0.2, -0.15) is 0 Å². The van der Waals surface area contributed by atoms with Gasteiger partial charge in [-0.1, -0.05) is 0 Å². The van der Waals surface area contributed by atoms with Gasteiger partial charge in [0.25, 0.3) is 0 Å². The van der Waals surface area contributed by atoms with E-state index in [9.17, 15) is 19.8 Å². The van der Waals surface area contributed by atoms with Crippen molar-refractivity contribution in [2.24, 2.45) is 11.8 Å². The van der Waals surface area contributed by atoms with Crippen molar-refractivity contribution in [3.05, 3.63) is 0 Å². The number of aliphatic hydroxyl groups excluding tert-OH is 2. The third kappa shape index (κ3) is 5.25. The lowest BCUT2D eigenvalue weighted by Gasteiger charge is -2.16. The van der Waals surface area contributed by atoms with E-state index < -0.39 is 12.2 Å². The van der Waals surface area contributed by atoms with E-state index in [4.69, 9.17) is 9.47 Å². The van der Waals surface area contributed by atoms with E-state index in [1.54, 1.807) is 0 Å². The molecule has 126 valence electrons. The molecule has 4 atom stereocenters. The molecule has 0 radical (unpaired) electrons. The molecule has 4 unspecified atom stereocenters. The molecule has 0 aliphatic carbocycles. The Hall–Kier alpha value is -1.14. The first-order valence-corrected chi connectivity index (χ1v) is 8.25. The van der Waals surface area contributed by atoms with Gasteiger partial charge in [-0.05, 0) is 51.4 Å². The van der Waals surface area contributed by atoms with Crippen molar-refractivity contribution in [2.45, 2.75) is 63.6 Å². The lowest BCUT2D eigenvalue weighted by atomic mass is 9.95. The molecule has 6 nitrogen and oxygen atoms in total. The summed E-state index contributed by atoms with van der Waals surface area (Å²) in [6, 6.07) is 0. The molecule has 2 aliphatic rings. The lowest BCUT2D eigenvalue weighted by Crippen LogP contribution is -2.17. The summed E-state index contributed by atoms with van der Waals surface area (Å²) in [4.78, 5) is 22.6. The van der Waals surface area contributed by atoms with Crippen molar-refractivity contribution >= 4 is 11.9 Å². The fourth-order valence-electron chi connectivity index (χ4n) is 3.06. The van der Waals surface area contributed by atoms with Gasteiger partial charge in [0.15, 0.2) is 0 Å². The minimum atomic E-state index is -0.500. The Bertz CT molecular complexity index is 347. The second-order valence-corrected chi connectivity index (χ2v) is 6.35. The van der Waals surface area contributed by atoms with Crippen molar-refractivity contribution in [1.82, 2.24) is 0 Å². The van der Waals surface area contributed by atoms with Crippen LogP contribution in [0.3, 0.4) is 0 Å². The molecule has 0 aromatic rings. The van der Waals surface area contributed by atoms with E-state index in [1.165, 1.54) is 0 Å². The van der Waals surface area contributed by atoms with E-state index in [-0.39, 0.29) is 23.8 Å². The molecule has 2 saturated heterocycles. The Morgan fingerprint density at radius 2 is 1.23 bits per heavy atom. The first-order chi connectivity index (χ1) is 10.6. The molecule has 0 spiro atoms. The van der Waals surface area contributed by atoms with Gasteiger partial charge in [0.05, 0.1) is 37.3 Å². The van der Waals surface area contributed by atoms with E-state index in [0.29, 0.717) is 51.7 Å². The molecule has 2 heterocycles. The lowest BCUT2D eigenvalue weighted by molar-refractivity contribution is -0.142. The first-order valence-electron chi connectivity index (χ1n) is 8.25. The molecule has 2 N–H and O–H groups in total. The number of cyclic esters (lactones) is 2. The predicted molar refractivity (Wildman–Crippen MR) is 77.8 cm³/mol. The molecule has 2 rings (SSSR count). The van der Waals surface area contributed by atoms with Gasteiger partial charge in [0, 0.05) is 0 Å². The average Bonchev–Trinajstić information content (AvgIpc) is 3.09. The highest BCUT2D eigenvalue weighted by molar-refractivity contribution is 5.74. The number of carbonyl (C=O) groups excluding carboxylic acids is 2. The zero-order chi connectivity index (χ0) is 15.9. The maximum Gasteiger partial charge on any atom is 0.309 e. The highest BCUT2D eigenvalue weighted by Gasteiger charge is 2.28. The Labute approximate surface area is 130 Å². The third-order valence-electron chi connectivity index (χ3n) is 4.62. The van der Waals surface area contributed by atoms with Gasteiger partial charge in [-0.15, -0.1) is 0 Å². The Morgan fingerprint density at radius 3 is 1.55 bits per heavy atom. The van der Waals surface area contributed by atoms with E-state index >= 15 is 0 Å². The van der Waals surface area contributed by atoms with Crippen LogP contribution in [-0.2, 0) is 19.1 Å². The second kappa shape index (κ2) is 8.48. The minimum Gasteiger partial charge on any atom is -0.465 e. The molecule has 2 aliphatic heterocycles. The zero-order valence-corrected chi connectivity index (χ0v) is 12.9. The Kier molecular flexibility index (Phi) is 6.64. The summed E-state index contributed by atoms with van der Waals surface area (Å²) >= 11 is 0. The number of aliphatic hydroxyl groups is 2. The quantitative estimate of drug-likeness (QED) is 0.621. The number of carbonyl (C=O) groups is 2. The van der Waals surface area contributed by atoms with Gasteiger partial charge in [0.2, 0.25) is 0 Å². The molecular weight excluding hydrogens is 288 g/mol. The summed E-state index contributed by atoms with van der Waals surface area (Å²) in [7, 11) is 0. The molecule has 0 bridgehead atoms. The van der Waals surface area contributed by atoms with E-state index in [0.717, 1.165) is 12.8 Å². The number of rotatable bonds is 9. The highest BCUT2D eigenvalue weighted by Crippen LogP contribution is 2.23. The SMILES string of the molecule is O=C1OCCC1CCC(O)CCC(O)CCC1CCOC1=O. The third-order valence-corrected chi connectivity index (χ3v) is 4.62. The monoisotopic (exact) mass is 314 g/mol. The normalized spacial score (nSPS) is 27.5. The molecule has 0 aromatic carbocycles. The molecule has 0 aromatic heterocycles. The van der Waals surface area contributed by atoms with Crippen LogP contribution in [0.4, 0.5) is 0 Å². The largest absolute Gasteiger partial charge is 0.465 e. The highest BCUT2D eigenvalue weighted by atomic mass is 16.5. The number of ether oxygens (including phenoxy) is 2. The van der Waals surface area contributed by atoms with Gasteiger partial charge < -0.3 is 19.7 Å². The van der Waals surface area contributed by atoms with Crippen molar-refractivity contribution < 1.29 is 29.3 Å². The zero-order valence-electron chi connectivity index (χ0n) is 12.9. The summed E-state index contributed by atoms with van der Waals surface area (Å²) in [5.74, 6) is -0.465. The second-order valence-electron chi connectivity index (χ2n) is 6.35. The van der Waals surface area contributed by atoms with Crippen LogP contribution >= 0.6 is 0 Å². The van der Waals surface area contributed by atoms with Gasteiger partial charge in [-0.25, -0.2) is 0 Å². The summed E-state index contributed by atoms with van der Waals surface area (Å²) in [5.41, 5.74) is 0. The number of hydrogen-bond donors (Lipinski definition) is 2. The van der Waals surface area contributed by atoms with Crippen LogP contribution in [0.25, 0.3) is 0 Å². The molecule has 0 amide bonds. The van der Waals surface area contributed by atoms with Crippen LogP contribution in [0.15, 0.2) is 0 Å². The van der Waals surface area contributed by atoms with Crippen molar-refractivity contribution in [2.75, 3.05) is 13.2 Å². The Balaban J connectivity index is 1.54. The van der Waals surface area contributed by atoms with E-state index in [1.807, 2.05) is 0 Å². The van der Waals surface area contributed by atoms with Crippen molar-refractivity contribution in [3.8, 4) is 0 Å². The molecule has 22 heavy (non-hydrogen) atoms. The molecular formula is C16H26O6. The van der Waals surface area contributed by atoms with Crippen LogP contribution in [0.1, 0.15) is 51.4 Å². The smallest absolute Gasteiger partial charge is 0.309 e. The average molecular weight is 314 g/mol. The predicted octanol–water partition coefficient (Wildman–Crippen LogP) is 1.18. The summed E-state index contributed by atoms with van der Waals surface area (Å²) in [6.07, 6.45) is 3.91. The maximum atomic E-state index is 11.3. The summed E-state index contributed by atoms with van der Waals surface area (Å²) in [6.45, 7) is 0.976. The minimum absolute atomic E-state index is 0.0760. The molecule has 2 fully saturated rings. The number of esters is 2. The van der Waals surface area contributed by atoms with Crippen LogP contribution in [0, 0.1) is 11.8 Å². The van der Waals surface area contributed by atoms with Gasteiger partial charge in [0.1, 0.15) is 0 Å². The van der Waals surface area contributed by atoms with Crippen LogP contribution < -0.4 is 0 Å². The first kappa shape index (κ1) is 17.2. The van der Waals surface area contributed by atoms with Crippen LogP contribution in [0.5, 0.6) is 0 Å². The fourth-order valence-corrected chi connectivity index (χ4v) is 3.06. The van der Waals surface area contributed by atoms with Crippen molar-refractivity contribution in [3.63, 3.8) is 0 Å². The van der Waals surface area contributed by atoms with E-state index in [2.05, 4.69) is 0 Å². The topological polar surface area (TPSA) is 93.1 Å². The molecule has 6 heteroatoms. The summed E-state index contributed by atoms with van der Waals surface area (Å²) < 4.78 is 9.77. The van der Waals surface area contributed by atoms with Gasteiger partial charge >= 0.3 is 11.9 Å². The molecule has 0 saturated carbocycles. The fraction of sp³-hybridized carbons (Fsp3) is 0.875. The Morgan fingerprint density at radius 1 is 0.818 bits per heavy atom. The number of hydrogen-bond acceptors (Lipinski definition) is 6.